The zero-order valence-corrected chi connectivity index (χ0v) is 34.5. The number of rotatable bonds is 36. The van der Waals surface area contributed by atoms with Crippen molar-refractivity contribution in [2.45, 2.75) is 161 Å². The van der Waals surface area contributed by atoms with E-state index < -0.39 is 32.5 Å². The fourth-order valence-corrected chi connectivity index (χ4v) is 5.43. The Morgan fingerprint density at radius 1 is 0.500 bits per heavy atom. The highest BCUT2D eigenvalue weighted by Gasteiger charge is 2.22. The third-order valence-corrected chi connectivity index (χ3v) is 8.59. The Kier molecular flexibility index (Phi) is 37.4. The highest BCUT2D eigenvalue weighted by molar-refractivity contribution is 7.46. The molecule has 0 aromatic rings. The van der Waals surface area contributed by atoms with Crippen LogP contribution in [0.3, 0.4) is 0 Å². The van der Waals surface area contributed by atoms with Crippen LogP contribution >= 0.6 is 7.82 Å². The summed E-state index contributed by atoms with van der Waals surface area (Å²) >= 11 is 0. The Morgan fingerprint density at radius 3 is 1.41 bits per heavy atom. The van der Waals surface area contributed by atoms with Gasteiger partial charge in [-0.2, -0.15) is 0 Å². The molecule has 2 N–H and O–H groups in total. The number of esters is 2. The van der Waals surface area contributed by atoms with Crippen molar-refractivity contribution in [2.24, 2.45) is 0 Å². The normalized spacial score (nSPS) is 13.5. The Labute approximate surface area is 328 Å². The average molecular weight is 773 g/mol. The monoisotopic (exact) mass is 773 g/mol. The highest BCUT2D eigenvalue weighted by atomic mass is 31.2. The second-order valence-corrected chi connectivity index (χ2v) is 14.5. The summed E-state index contributed by atoms with van der Waals surface area (Å²) in [4.78, 5) is 42.8. The quantitative estimate of drug-likeness (QED) is 0.0280. The molecule has 54 heavy (non-hydrogen) atoms. The van der Waals surface area contributed by atoms with Crippen LogP contribution in [0, 0.1) is 0 Å². The van der Waals surface area contributed by atoms with Gasteiger partial charge in [-0.25, -0.2) is 4.57 Å². The van der Waals surface area contributed by atoms with Crippen LogP contribution in [0.5, 0.6) is 0 Å². The van der Waals surface area contributed by atoms with Gasteiger partial charge in [-0.05, 0) is 83.5 Å². The van der Waals surface area contributed by atoms with Crippen LogP contribution in [0.25, 0.3) is 0 Å². The van der Waals surface area contributed by atoms with Crippen molar-refractivity contribution in [3.05, 3.63) is 97.2 Å². The fraction of sp³-hybridized carbons (Fsp3) is 0.600. The molecular formula is C45H73O8P. The van der Waals surface area contributed by atoms with E-state index in [2.05, 4.69) is 103 Å². The topological polar surface area (TPSA) is 119 Å². The predicted octanol–water partition coefficient (Wildman–Crippen LogP) is 12.6. The summed E-state index contributed by atoms with van der Waals surface area (Å²) in [6.07, 6.45) is 54.2. The second-order valence-electron chi connectivity index (χ2n) is 13.2. The van der Waals surface area contributed by atoms with Gasteiger partial charge in [-0.15, -0.1) is 0 Å². The summed E-state index contributed by atoms with van der Waals surface area (Å²) < 4.78 is 26.3. The first-order chi connectivity index (χ1) is 26.3. The molecule has 0 aliphatic heterocycles. The molecule has 9 heteroatoms. The first kappa shape index (κ1) is 51.0. The number of carbonyl (C=O) groups excluding carboxylic acids is 2. The third-order valence-electron chi connectivity index (χ3n) is 8.10. The molecule has 0 heterocycles. The van der Waals surface area contributed by atoms with Gasteiger partial charge in [0.05, 0.1) is 6.61 Å². The SMILES string of the molecule is CC/C=C/C/C=C/C/C=C/C/C=C/C/C=C/C/C=C/CCC(=O)OC[C@H](COP(=O)(O)O)OC(=O)CCCCCCCCC/C=C/C/C=C/CCCCC. The minimum Gasteiger partial charge on any atom is -0.462 e. The summed E-state index contributed by atoms with van der Waals surface area (Å²) in [6, 6.07) is 0. The van der Waals surface area contributed by atoms with Gasteiger partial charge in [-0.1, -0.05) is 156 Å². The van der Waals surface area contributed by atoms with Crippen LogP contribution < -0.4 is 0 Å². The van der Waals surface area contributed by atoms with Crippen molar-refractivity contribution < 1.29 is 37.9 Å². The van der Waals surface area contributed by atoms with Gasteiger partial charge in [0.1, 0.15) is 6.61 Å². The molecule has 0 saturated heterocycles. The average Bonchev–Trinajstić information content (AvgIpc) is 3.14. The zero-order valence-electron chi connectivity index (χ0n) is 33.6. The van der Waals surface area contributed by atoms with Crippen molar-refractivity contribution in [2.75, 3.05) is 13.2 Å². The minimum atomic E-state index is -4.78. The maximum absolute atomic E-state index is 12.4. The van der Waals surface area contributed by atoms with Gasteiger partial charge in [0.15, 0.2) is 6.10 Å². The number of carbonyl (C=O) groups is 2. The summed E-state index contributed by atoms with van der Waals surface area (Å²) in [5.74, 6) is -1.00. The summed E-state index contributed by atoms with van der Waals surface area (Å²) in [5.41, 5.74) is 0. The largest absolute Gasteiger partial charge is 0.469 e. The number of ether oxygens (including phenoxy) is 2. The van der Waals surface area contributed by atoms with Crippen LogP contribution in [-0.4, -0.2) is 41.0 Å². The first-order valence-electron chi connectivity index (χ1n) is 20.5. The van der Waals surface area contributed by atoms with Crippen LogP contribution in [0.2, 0.25) is 0 Å². The minimum absolute atomic E-state index is 0.135. The molecule has 1 atom stereocenters. The van der Waals surface area contributed by atoms with Gasteiger partial charge in [0.25, 0.3) is 0 Å². The van der Waals surface area contributed by atoms with Crippen molar-refractivity contribution >= 4 is 19.8 Å². The Bertz CT molecular complexity index is 1190. The molecule has 0 unspecified atom stereocenters. The molecular weight excluding hydrogens is 699 g/mol. The van der Waals surface area contributed by atoms with E-state index in [1.54, 1.807) is 0 Å². The predicted molar refractivity (Wildman–Crippen MR) is 225 cm³/mol. The molecule has 0 aromatic heterocycles. The van der Waals surface area contributed by atoms with Gasteiger partial charge in [0.2, 0.25) is 0 Å². The van der Waals surface area contributed by atoms with Crippen LogP contribution in [0.4, 0.5) is 0 Å². The number of hydrogen-bond acceptors (Lipinski definition) is 6. The molecule has 0 aliphatic carbocycles. The van der Waals surface area contributed by atoms with E-state index in [0.717, 1.165) is 70.6 Å². The molecule has 0 fully saturated rings. The molecule has 0 radical (unpaired) electrons. The van der Waals surface area contributed by atoms with Crippen LogP contribution in [0.15, 0.2) is 97.2 Å². The van der Waals surface area contributed by atoms with E-state index in [1.165, 1.54) is 44.9 Å². The number of unbranched alkanes of at least 4 members (excludes halogenated alkanes) is 10. The molecule has 0 aromatic carbocycles. The molecule has 0 saturated carbocycles. The van der Waals surface area contributed by atoms with Gasteiger partial charge in [-0.3, -0.25) is 14.1 Å². The molecule has 8 nitrogen and oxygen atoms in total. The molecule has 0 spiro atoms. The van der Waals surface area contributed by atoms with Gasteiger partial charge < -0.3 is 19.3 Å². The Morgan fingerprint density at radius 2 is 0.926 bits per heavy atom. The zero-order chi connectivity index (χ0) is 39.6. The molecule has 0 bridgehead atoms. The van der Waals surface area contributed by atoms with E-state index >= 15 is 0 Å². The lowest BCUT2D eigenvalue weighted by molar-refractivity contribution is -0.161. The van der Waals surface area contributed by atoms with Crippen LogP contribution in [-0.2, 0) is 28.2 Å². The van der Waals surface area contributed by atoms with E-state index in [9.17, 15) is 14.2 Å². The summed E-state index contributed by atoms with van der Waals surface area (Å²) in [5, 5.41) is 0. The standard InChI is InChI=1S/C45H73O8P/c1-3-5-7-9-11-13-15-17-19-21-22-24-25-27-29-31-33-35-37-39-44(46)51-41-43(42-52-54(48,49)50)53-45(47)40-38-36-34-32-30-28-26-23-20-18-16-14-12-10-8-6-4-2/h5,7,11-14,17-20,22,24,27,29,33,35,43H,3-4,6,8-10,15-16,21,23,25-26,28,30-32,34,36-42H2,1-2H3,(H2,48,49,50)/b7-5+,13-11+,14-12+,19-17+,20-18+,24-22+,29-27+,35-33+/t43-/m1/s1. The Hall–Kier alpha value is -3.03. The molecule has 306 valence electrons. The van der Waals surface area contributed by atoms with Gasteiger partial charge in [0, 0.05) is 12.8 Å². The fourth-order valence-electron chi connectivity index (χ4n) is 5.07. The highest BCUT2D eigenvalue weighted by Crippen LogP contribution is 2.36. The summed E-state index contributed by atoms with van der Waals surface area (Å²) in [6.45, 7) is 3.46. The smallest absolute Gasteiger partial charge is 0.462 e. The van der Waals surface area contributed by atoms with E-state index in [-0.39, 0.29) is 19.4 Å². The Balaban J connectivity index is 4.09. The first-order valence-corrected chi connectivity index (χ1v) is 22.1. The van der Waals surface area contributed by atoms with Gasteiger partial charge >= 0.3 is 19.8 Å². The second kappa shape index (κ2) is 39.7. The third kappa shape index (κ3) is 41.7. The maximum atomic E-state index is 12.4. The lowest BCUT2D eigenvalue weighted by atomic mass is 10.1. The van der Waals surface area contributed by atoms with Crippen molar-refractivity contribution in [3.63, 3.8) is 0 Å². The van der Waals surface area contributed by atoms with Crippen LogP contribution in [0.1, 0.15) is 155 Å². The van der Waals surface area contributed by atoms with E-state index in [1.807, 2.05) is 12.2 Å². The van der Waals surface area contributed by atoms with Crippen molar-refractivity contribution in [1.29, 1.82) is 0 Å². The number of phosphoric ester groups is 1. The van der Waals surface area contributed by atoms with E-state index in [0.29, 0.717) is 12.8 Å². The molecule has 0 aliphatic rings. The maximum Gasteiger partial charge on any atom is 0.469 e. The summed E-state index contributed by atoms with van der Waals surface area (Å²) in [7, 11) is -4.78. The molecule has 0 amide bonds. The molecule has 0 rings (SSSR count). The van der Waals surface area contributed by atoms with Crippen molar-refractivity contribution in [3.8, 4) is 0 Å². The van der Waals surface area contributed by atoms with Crippen molar-refractivity contribution in [1.82, 2.24) is 0 Å². The number of hydrogen-bond donors (Lipinski definition) is 2. The lowest BCUT2D eigenvalue weighted by Crippen LogP contribution is -2.29. The number of phosphoric acid groups is 1. The number of allylic oxidation sites excluding steroid dienone is 16. The van der Waals surface area contributed by atoms with E-state index in [4.69, 9.17) is 19.3 Å². The lowest BCUT2D eigenvalue weighted by Gasteiger charge is -2.18.